The van der Waals surface area contributed by atoms with Crippen molar-refractivity contribution in [2.75, 3.05) is 18.9 Å². The Bertz CT molecular complexity index is 606. The van der Waals surface area contributed by atoms with Gasteiger partial charge in [-0.15, -0.1) is 0 Å². The number of carbonyl (C=O) groups is 1. The molecule has 0 unspecified atom stereocenters. The molecule has 0 bridgehead atoms. The highest BCUT2D eigenvalue weighted by atomic mass is 19.1. The van der Waals surface area contributed by atoms with E-state index in [1.807, 2.05) is 0 Å². The number of rotatable bonds is 5. The number of aromatic nitrogens is 2. The zero-order valence-electron chi connectivity index (χ0n) is 10.5. The summed E-state index contributed by atoms with van der Waals surface area (Å²) in [4.78, 5) is 19.3. The minimum atomic E-state index is -0.432. The third-order valence-electron chi connectivity index (χ3n) is 2.39. The molecule has 1 aromatic carbocycles. The first-order valence-corrected chi connectivity index (χ1v) is 5.90. The van der Waals surface area contributed by atoms with Crippen LogP contribution >= 0.6 is 0 Å². The Balaban J connectivity index is 1.79. The number of ether oxygens (including phenoxy) is 1. The number of hydrogen-bond acceptors (Lipinski definition) is 5. The summed E-state index contributed by atoms with van der Waals surface area (Å²) in [6.45, 7) is 0.445. The minimum Gasteiger partial charge on any atom is -0.492 e. The lowest BCUT2D eigenvalue weighted by Crippen LogP contribution is -2.29. The number of benzene rings is 1. The van der Waals surface area contributed by atoms with Gasteiger partial charge >= 0.3 is 0 Å². The van der Waals surface area contributed by atoms with Crippen LogP contribution in [-0.2, 0) is 0 Å². The van der Waals surface area contributed by atoms with Gasteiger partial charge in [-0.25, -0.2) is 14.4 Å². The Hall–Kier alpha value is -2.70. The maximum atomic E-state index is 12.9. The van der Waals surface area contributed by atoms with E-state index in [0.717, 1.165) is 0 Å². The van der Waals surface area contributed by atoms with Crippen molar-refractivity contribution in [2.24, 2.45) is 0 Å². The van der Waals surface area contributed by atoms with Gasteiger partial charge in [0.1, 0.15) is 18.2 Å². The number of hydrogen-bond donors (Lipinski definition) is 2. The molecule has 0 atom stereocenters. The molecule has 3 N–H and O–H groups in total. The number of nitrogens with one attached hydrogen (secondary N) is 1. The second-order valence-corrected chi connectivity index (χ2v) is 3.85. The summed E-state index contributed by atoms with van der Waals surface area (Å²) >= 11 is 0. The van der Waals surface area contributed by atoms with E-state index in [0.29, 0.717) is 5.75 Å². The summed E-state index contributed by atoms with van der Waals surface area (Å²) < 4.78 is 18.2. The molecule has 1 aromatic heterocycles. The van der Waals surface area contributed by atoms with Crippen molar-refractivity contribution in [3.05, 3.63) is 48.2 Å². The normalized spacial score (nSPS) is 10.1. The Kier molecular flexibility index (Phi) is 4.43. The van der Waals surface area contributed by atoms with Crippen LogP contribution in [0, 0.1) is 5.82 Å². The van der Waals surface area contributed by atoms with Gasteiger partial charge in [-0.3, -0.25) is 4.79 Å². The highest BCUT2D eigenvalue weighted by Gasteiger charge is 2.10. The van der Waals surface area contributed by atoms with Crippen molar-refractivity contribution < 1.29 is 13.9 Å². The molecule has 0 fully saturated rings. The highest BCUT2D eigenvalue weighted by Crippen LogP contribution is 2.11. The molecule has 1 heterocycles. The smallest absolute Gasteiger partial charge is 0.273 e. The largest absolute Gasteiger partial charge is 0.492 e. The van der Waals surface area contributed by atoms with E-state index in [4.69, 9.17) is 10.5 Å². The van der Waals surface area contributed by atoms with Crippen LogP contribution in [0.2, 0.25) is 0 Å². The van der Waals surface area contributed by atoms with E-state index in [1.165, 1.54) is 24.5 Å². The fourth-order valence-electron chi connectivity index (χ4n) is 1.50. The molecule has 0 saturated carbocycles. The topological polar surface area (TPSA) is 90.1 Å². The Labute approximate surface area is 114 Å². The maximum absolute atomic E-state index is 12.9. The Morgan fingerprint density at radius 2 is 2.15 bits per heavy atom. The highest BCUT2D eigenvalue weighted by molar-refractivity contribution is 5.96. The predicted octanol–water partition coefficient (Wildman–Crippen LogP) is 1.01. The number of nitrogens with two attached hydrogens (primary N) is 1. The van der Waals surface area contributed by atoms with Crippen LogP contribution < -0.4 is 15.8 Å². The van der Waals surface area contributed by atoms with Crippen molar-refractivity contribution >= 4 is 11.7 Å². The number of anilines is 1. The summed E-state index contributed by atoms with van der Waals surface area (Å²) in [7, 11) is 0. The van der Waals surface area contributed by atoms with Crippen molar-refractivity contribution in [2.45, 2.75) is 0 Å². The van der Waals surface area contributed by atoms with Crippen LogP contribution in [0.1, 0.15) is 10.5 Å². The Morgan fingerprint density at radius 3 is 2.90 bits per heavy atom. The molecule has 0 radical (unpaired) electrons. The average Bonchev–Trinajstić information content (AvgIpc) is 2.44. The fourth-order valence-corrected chi connectivity index (χ4v) is 1.50. The standard InChI is InChI=1S/C13H13FN4O2/c14-9-2-1-3-10(8-9)20-7-6-18-13(19)11-12(15)17-5-4-16-11/h1-5,8H,6-7H2,(H2,15,17)(H,18,19). The lowest BCUT2D eigenvalue weighted by molar-refractivity contribution is 0.0942. The summed E-state index contributed by atoms with van der Waals surface area (Å²) in [6, 6.07) is 5.77. The van der Waals surface area contributed by atoms with E-state index in [9.17, 15) is 9.18 Å². The van der Waals surface area contributed by atoms with Crippen molar-refractivity contribution in [3.8, 4) is 5.75 Å². The average molecular weight is 276 g/mol. The molecule has 0 aliphatic heterocycles. The van der Waals surface area contributed by atoms with Crippen molar-refractivity contribution in [1.29, 1.82) is 0 Å². The minimum absolute atomic E-state index is 0.0658. The molecule has 2 aromatic rings. The summed E-state index contributed by atoms with van der Waals surface area (Å²) in [5, 5.41) is 2.58. The van der Waals surface area contributed by atoms with E-state index in [2.05, 4.69) is 15.3 Å². The van der Waals surface area contributed by atoms with Crippen LogP contribution in [0.25, 0.3) is 0 Å². The first-order valence-electron chi connectivity index (χ1n) is 5.90. The van der Waals surface area contributed by atoms with E-state index in [-0.39, 0.29) is 30.5 Å². The number of nitrogens with zero attached hydrogens (tertiary/aromatic N) is 2. The third kappa shape index (κ3) is 3.64. The lowest BCUT2D eigenvalue weighted by atomic mass is 10.3. The van der Waals surface area contributed by atoms with Crippen LogP contribution in [-0.4, -0.2) is 29.0 Å². The van der Waals surface area contributed by atoms with Crippen LogP contribution in [0.15, 0.2) is 36.7 Å². The van der Waals surface area contributed by atoms with Crippen molar-refractivity contribution in [1.82, 2.24) is 15.3 Å². The van der Waals surface area contributed by atoms with Gasteiger partial charge in [0.25, 0.3) is 5.91 Å². The maximum Gasteiger partial charge on any atom is 0.273 e. The summed E-state index contributed by atoms with van der Waals surface area (Å²) in [5.74, 6) is -0.341. The van der Waals surface area contributed by atoms with Crippen LogP contribution in [0.3, 0.4) is 0 Å². The second kappa shape index (κ2) is 6.46. The molecule has 104 valence electrons. The lowest BCUT2D eigenvalue weighted by Gasteiger charge is -2.08. The van der Waals surface area contributed by atoms with Gasteiger partial charge in [-0.05, 0) is 12.1 Å². The Morgan fingerprint density at radius 1 is 1.35 bits per heavy atom. The zero-order valence-corrected chi connectivity index (χ0v) is 10.5. The molecule has 0 aliphatic rings. The molecule has 0 spiro atoms. The monoisotopic (exact) mass is 276 g/mol. The molecule has 2 rings (SSSR count). The SMILES string of the molecule is Nc1nccnc1C(=O)NCCOc1cccc(F)c1. The molecular weight excluding hydrogens is 263 g/mol. The number of halogens is 1. The van der Waals surface area contributed by atoms with E-state index in [1.54, 1.807) is 12.1 Å². The molecule has 0 saturated heterocycles. The van der Waals surface area contributed by atoms with Gasteiger partial charge in [-0.1, -0.05) is 6.07 Å². The second-order valence-electron chi connectivity index (χ2n) is 3.85. The van der Waals surface area contributed by atoms with Gasteiger partial charge in [0.05, 0.1) is 6.54 Å². The summed E-state index contributed by atoms with van der Waals surface area (Å²) in [6.07, 6.45) is 2.79. The molecule has 6 nitrogen and oxygen atoms in total. The van der Waals surface area contributed by atoms with Crippen molar-refractivity contribution in [3.63, 3.8) is 0 Å². The van der Waals surface area contributed by atoms with E-state index < -0.39 is 5.91 Å². The van der Waals surface area contributed by atoms with Gasteiger partial charge in [0, 0.05) is 18.5 Å². The quantitative estimate of drug-likeness (QED) is 0.795. The van der Waals surface area contributed by atoms with Gasteiger partial charge in [-0.2, -0.15) is 0 Å². The first kappa shape index (κ1) is 13.7. The van der Waals surface area contributed by atoms with Gasteiger partial charge in [0.15, 0.2) is 11.5 Å². The molecule has 7 heteroatoms. The molecule has 1 amide bonds. The number of nitrogen functional groups attached to an aromatic ring is 1. The molecule has 20 heavy (non-hydrogen) atoms. The number of amides is 1. The number of carbonyl (C=O) groups excluding carboxylic acids is 1. The third-order valence-corrected chi connectivity index (χ3v) is 2.39. The molecule has 0 aliphatic carbocycles. The zero-order chi connectivity index (χ0) is 14.4. The fraction of sp³-hybridized carbons (Fsp3) is 0.154. The summed E-state index contributed by atoms with van der Waals surface area (Å²) in [5.41, 5.74) is 5.59. The van der Waals surface area contributed by atoms with Gasteiger partial charge < -0.3 is 15.8 Å². The van der Waals surface area contributed by atoms with Crippen LogP contribution in [0.5, 0.6) is 5.75 Å². The molecular formula is C13H13FN4O2. The van der Waals surface area contributed by atoms with Gasteiger partial charge in [0.2, 0.25) is 0 Å². The first-order chi connectivity index (χ1) is 9.66. The predicted molar refractivity (Wildman–Crippen MR) is 70.7 cm³/mol. The van der Waals surface area contributed by atoms with E-state index >= 15 is 0 Å². The van der Waals surface area contributed by atoms with Crippen LogP contribution in [0.4, 0.5) is 10.2 Å².